The summed E-state index contributed by atoms with van der Waals surface area (Å²) in [6, 6.07) is 1.93. The molecule has 0 spiro atoms. The van der Waals surface area contributed by atoms with Gasteiger partial charge in [0.15, 0.2) is 11.6 Å². The average Bonchev–Trinajstić information content (AvgIpc) is 2.24. The SMILES string of the molecule is Oc1ccc(C(O)C(O)CBr)c(F)c1F. The highest BCUT2D eigenvalue weighted by atomic mass is 79.9. The third-order valence-corrected chi connectivity index (χ3v) is 2.60. The van der Waals surface area contributed by atoms with Gasteiger partial charge in [-0.15, -0.1) is 0 Å². The van der Waals surface area contributed by atoms with Crippen LogP contribution in [0.15, 0.2) is 12.1 Å². The lowest BCUT2D eigenvalue weighted by atomic mass is 10.0. The smallest absolute Gasteiger partial charge is 0.200 e. The van der Waals surface area contributed by atoms with Crippen LogP contribution in [0, 0.1) is 11.6 Å². The third-order valence-electron chi connectivity index (χ3n) is 1.93. The van der Waals surface area contributed by atoms with Crippen LogP contribution in [0.1, 0.15) is 11.7 Å². The number of hydrogen-bond acceptors (Lipinski definition) is 3. The van der Waals surface area contributed by atoms with Crippen molar-refractivity contribution in [3.8, 4) is 5.75 Å². The van der Waals surface area contributed by atoms with E-state index in [4.69, 9.17) is 5.11 Å². The standard InChI is InChI=1S/C9H9BrF2O3/c10-3-6(14)9(15)4-1-2-5(13)8(12)7(4)11/h1-2,6,9,13-15H,3H2. The fraction of sp³-hybridized carbons (Fsp3) is 0.333. The molecule has 0 radical (unpaired) electrons. The van der Waals surface area contributed by atoms with E-state index < -0.39 is 35.2 Å². The highest BCUT2D eigenvalue weighted by Gasteiger charge is 2.23. The van der Waals surface area contributed by atoms with Crippen LogP contribution >= 0.6 is 15.9 Å². The molecule has 15 heavy (non-hydrogen) atoms. The Balaban J connectivity index is 3.10. The van der Waals surface area contributed by atoms with Crippen LogP contribution in [-0.2, 0) is 0 Å². The number of aliphatic hydroxyl groups excluding tert-OH is 2. The van der Waals surface area contributed by atoms with Crippen LogP contribution in [0.5, 0.6) is 5.75 Å². The second-order valence-corrected chi connectivity index (χ2v) is 3.62. The van der Waals surface area contributed by atoms with Gasteiger partial charge in [-0.25, -0.2) is 4.39 Å². The molecule has 1 aromatic rings. The summed E-state index contributed by atoms with van der Waals surface area (Å²) in [6.07, 6.45) is -2.79. The zero-order valence-corrected chi connectivity index (χ0v) is 9.08. The van der Waals surface area contributed by atoms with Gasteiger partial charge in [0.2, 0.25) is 5.82 Å². The second kappa shape index (κ2) is 4.87. The van der Waals surface area contributed by atoms with Crippen molar-refractivity contribution in [3.63, 3.8) is 0 Å². The van der Waals surface area contributed by atoms with Gasteiger partial charge in [0, 0.05) is 10.9 Å². The molecule has 0 heterocycles. The average molecular weight is 283 g/mol. The minimum absolute atomic E-state index is 0.0239. The van der Waals surface area contributed by atoms with E-state index in [2.05, 4.69) is 15.9 Å². The molecule has 0 fully saturated rings. The molecule has 0 aliphatic rings. The second-order valence-electron chi connectivity index (χ2n) is 2.97. The number of hydrogen-bond donors (Lipinski definition) is 3. The minimum atomic E-state index is -1.54. The van der Waals surface area contributed by atoms with E-state index in [-0.39, 0.29) is 5.33 Å². The Morgan fingerprint density at radius 3 is 2.33 bits per heavy atom. The van der Waals surface area contributed by atoms with E-state index in [1.54, 1.807) is 0 Å². The molecular weight excluding hydrogens is 274 g/mol. The lowest BCUT2D eigenvalue weighted by Crippen LogP contribution is -2.20. The number of rotatable bonds is 3. The predicted octanol–water partition coefficient (Wildman–Crippen LogP) is 1.46. The molecule has 0 aliphatic heterocycles. The molecule has 0 saturated carbocycles. The zero-order chi connectivity index (χ0) is 11.6. The summed E-state index contributed by atoms with van der Waals surface area (Å²) in [5.74, 6) is -3.63. The number of aromatic hydroxyl groups is 1. The molecule has 0 bridgehead atoms. The number of aliphatic hydroxyl groups is 2. The fourth-order valence-electron chi connectivity index (χ4n) is 1.07. The Bertz CT molecular complexity index is 359. The molecule has 1 aromatic carbocycles. The normalized spacial score (nSPS) is 15.0. The largest absolute Gasteiger partial charge is 0.505 e. The van der Waals surface area contributed by atoms with E-state index in [1.165, 1.54) is 0 Å². The van der Waals surface area contributed by atoms with Gasteiger partial charge in [-0.1, -0.05) is 15.9 Å². The Kier molecular flexibility index (Phi) is 4.01. The summed E-state index contributed by atoms with van der Waals surface area (Å²) in [6.45, 7) is 0. The summed E-state index contributed by atoms with van der Waals surface area (Å²) in [5, 5.41) is 27.5. The van der Waals surface area contributed by atoms with Crippen LogP contribution in [0.2, 0.25) is 0 Å². The maximum Gasteiger partial charge on any atom is 0.200 e. The molecule has 84 valence electrons. The van der Waals surface area contributed by atoms with Crippen LogP contribution in [0.25, 0.3) is 0 Å². The van der Waals surface area contributed by atoms with Gasteiger partial charge in [0.05, 0.1) is 6.10 Å². The first kappa shape index (κ1) is 12.4. The van der Waals surface area contributed by atoms with E-state index in [0.717, 1.165) is 12.1 Å². The maximum absolute atomic E-state index is 13.2. The number of alkyl halides is 1. The van der Waals surface area contributed by atoms with E-state index in [0.29, 0.717) is 0 Å². The first-order valence-corrected chi connectivity index (χ1v) is 5.20. The van der Waals surface area contributed by atoms with Crippen LogP contribution in [-0.4, -0.2) is 26.8 Å². The van der Waals surface area contributed by atoms with E-state index >= 15 is 0 Å². The van der Waals surface area contributed by atoms with Crippen molar-refractivity contribution < 1.29 is 24.1 Å². The van der Waals surface area contributed by atoms with Crippen molar-refractivity contribution in [2.45, 2.75) is 12.2 Å². The van der Waals surface area contributed by atoms with E-state index in [9.17, 15) is 19.0 Å². The Morgan fingerprint density at radius 2 is 1.80 bits per heavy atom. The number of halogens is 3. The van der Waals surface area contributed by atoms with Gasteiger partial charge in [0.1, 0.15) is 6.10 Å². The van der Waals surface area contributed by atoms with Crippen molar-refractivity contribution in [3.05, 3.63) is 29.3 Å². The van der Waals surface area contributed by atoms with Gasteiger partial charge < -0.3 is 15.3 Å². The quantitative estimate of drug-likeness (QED) is 0.736. The minimum Gasteiger partial charge on any atom is -0.505 e. The molecule has 0 saturated heterocycles. The third kappa shape index (κ3) is 2.45. The number of phenolic OH excluding ortho intramolecular Hbond substituents is 1. The Hall–Kier alpha value is -0.720. The molecule has 0 aliphatic carbocycles. The van der Waals surface area contributed by atoms with Crippen molar-refractivity contribution in [1.82, 2.24) is 0 Å². The zero-order valence-electron chi connectivity index (χ0n) is 7.49. The van der Waals surface area contributed by atoms with Crippen molar-refractivity contribution >= 4 is 15.9 Å². The molecule has 1 rings (SSSR count). The maximum atomic E-state index is 13.2. The van der Waals surface area contributed by atoms with Gasteiger partial charge in [-0.2, -0.15) is 4.39 Å². The molecule has 3 N–H and O–H groups in total. The van der Waals surface area contributed by atoms with Gasteiger partial charge >= 0.3 is 0 Å². The highest BCUT2D eigenvalue weighted by Crippen LogP contribution is 2.27. The lowest BCUT2D eigenvalue weighted by molar-refractivity contribution is 0.0315. The molecule has 2 atom stereocenters. The summed E-state index contributed by atoms with van der Waals surface area (Å²) in [4.78, 5) is 0. The molecule has 6 heteroatoms. The Labute approximate surface area is 93.1 Å². The highest BCUT2D eigenvalue weighted by molar-refractivity contribution is 9.09. The first-order chi connectivity index (χ1) is 6.99. The van der Waals surface area contributed by atoms with Gasteiger partial charge in [-0.05, 0) is 12.1 Å². The molecule has 0 aromatic heterocycles. The van der Waals surface area contributed by atoms with Gasteiger partial charge in [-0.3, -0.25) is 0 Å². The van der Waals surface area contributed by atoms with Crippen molar-refractivity contribution in [2.75, 3.05) is 5.33 Å². The van der Waals surface area contributed by atoms with Crippen molar-refractivity contribution in [1.29, 1.82) is 0 Å². The number of phenols is 1. The number of benzene rings is 1. The molecule has 3 nitrogen and oxygen atoms in total. The van der Waals surface area contributed by atoms with Crippen LogP contribution in [0.3, 0.4) is 0 Å². The van der Waals surface area contributed by atoms with Crippen LogP contribution < -0.4 is 0 Å². The molecule has 2 unspecified atom stereocenters. The monoisotopic (exact) mass is 282 g/mol. The molecule has 0 amide bonds. The summed E-state index contributed by atoms with van der Waals surface area (Å²) < 4.78 is 26.1. The van der Waals surface area contributed by atoms with Gasteiger partial charge in [0.25, 0.3) is 0 Å². The lowest BCUT2D eigenvalue weighted by Gasteiger charge is -2.16. The topological polar surface area (TPSA) is 60.7 Å². The summed E-state index contributed by atoms with van der Waals surface area (Å²) in [5.41, 5.74) is -0.391. The first-order valence-electron chi connectivity index (χ1n) is 4.08. The van der Waals surface area contributed by atoms with E-state index in [1.807, 2.05) is 0 Å². The fourth-order valence-corrected chi connectivity index (χ4v) is 1.43. The summed E-state index contributed by atoms with van der Waals surface area (Å²) in [7, 11) is 0. The predicted molar refractivity (Wildman–Crippen MR) is 52.8 cm³/mol. The van der Waals surface area contributed by atoms with Crippen LogP contribution in [0.4, 0.5) is 8.78 Å². The molecular formula is C9H9BrF2O3. The van der Waals surface area contributed by atoms with Crippen molar-refractivity contribution in [2.24, 2.45) is 0 Å². The summed E-state index contributed by atoms with van der Waals surface area (Å²) >= 11 is 2.89. The Morgan fingerprint density at radius 1 is 1.20 bits per heavy atom.